The van der Waals surface area contributed by atoms with Crippen molar-refractivity contribution in [3.05, 3.63) is 71.1 Å². The van der Waals surface area contributed by atoms with Crippen LogP contribution in [0.2, 0.25) is 0 Å². The van der Waals surface area contributed by atoms with E-state index in [1.165, 1.54) is 16.7 Å². The number of nitrogens with zero attached hydrogens (tertiary/aromatic N) is 3. The lowest BCUT2D eigenvalue weighted by Gasteiger charge is -2.30. The van der Waals surface area contributed by atoms with Gasteiger partial charge in [0.25, 0.3) is 0 Å². The fraction of sp³-hybridized carbons (Fsp3) is 0.423. The second-order valence-corrected chi connectivity index (χ2v) is 8.82. The number of carbonyl (C=O) groups excluding carboxylic acids is 1. The van der Waals surface area contributed by atoms with Gasteiger partial charge >= 0.3 is 0 Å². The fourth-order valence-electron chi connectivity index (χ4n) is 4.28. The number of aryl methyl sites for hydroxylation is 3. The summed E-state index contributed by atoms with van der Waals surface area (Å²) in [6, 6.07) is 16.7. The van der Waals surface area contributed by atoms with Crippen molar-refractivity contribution in [2.24, 2.45) is 5.92 Å². The molecule has 1 aliphatic rings. The van der Waals surface area contributed by atoms with Crippen LogP contribution in [0.25, 0.3) is 11.4 Å². The number of benzene rings is 2. The number of hydrogen-bond acceptors (Lipinski definition) is 5. The van der Waals surface area contributed by atoms with Crippen molar-refractivity contribution in [1.29, 1.82) is 0 Å². The van der Waals surface area contributed by atoms with E-state index < -0.39 is 0 Å². The standard InChI is InChI=1S/C26H32N4O2/c1-19-6-3-8-21(16-19)9-5-13-27-26(31)22-11-14-30(15-12-22)18-24-28-25(29-32-24)23-10-4-7-20(2)17-23/h3-4,6-8,10,16-17,22H,5,9,11-15,18H2,1-2H3,(H,27,31). The largest absolute Gasteiger partial charge is 0.356 e. The number of carbonyl (C=O) groups is 1. The normalized spacial score (nSPS) is 15.1. The first kappa shape index (κ1) is 22.2. The van der Waals surface area contributed by atoms with Crippen molar-refractivity contribution in [3.8, 4) is 11.4 Å². The van der Waals surface area contributed by atoms with E-state index in [1.807, 2.05) is 12.1 Å². The van der Waals surface area contributed by atoms with Gasteiger partial charge in [-0.1, -0.05) is 58.7 Å². The monoisotopic (exact) mass is 432 g/mol. The van der Waals surface area contributed by atoms with E-state index in [4.69, 9.17) is 4.52 Å². The van der Waals surface area contributed by atoms with E-state index in [-0.39, 0.29) is 11.8 Å². The highest BCUT2D eigenvalue weighted by molar-refractivity contribution is 5.78. The van der Waals surface area contributed by atoms with Crippen LogP contribution in [0.1, 0.15) is 41.8 Å². The maximum absolute atomic E-state index is 12.5. The van der Waals surface area contributed by atoms with Crippen molar-refractivity contribution in [1.82, 2.24) is 20.4 Å². The molecule has 1 fully saturated rings. The number of likely N-dealkylation sites (tertiary alicyclic amines) is 1. The summed E-state index contributed by atoms with van der Waals surface area (Å²) in [6.45, 7) is 7.25. The Balaban J connectivity index is 1.17. The third kappa shape index (κ3) is 6.04. The van der Waals surface area contributed by atoms with Crippen LogP contribution in [0.15, 0.2) is 53.1 Å². The van der Waals surface area contributed by atoms with Gasteiger partial charge in [-0.15, -0.1) is 0 Å². The zero-order valence-corrected chi connectivity index (χ0v) is 19.0. The van der Waals surface area contributed by atoms with Gasteiger partial charge in [0.15, 0.2) is 0 Å². The zero-order valence-electron chi connectivity index (χ0n) is 19.0. The average molecular weight is 433 g/mol. The van der Waals surface area contributed by atoms with Crippen LogP contribution in [0.4, 0.5) is 0 Å². The Kier molecular flexibility index (Phi) is 7.32. The minimum atomic E-state index is 0.0933. The zero-order chi connectivity index (χ0) is 22.3. The molecule has 3 aromatic rings. The van der Waals surface area contributed by atoms with E-state index in [0.717, 1.165) is 50.9 Å². The highest BCUT2D eigenvalue weighted by Crippen LogP contribution is 2.21. The molecule has 32 heavy (non-hydrogen) atoms. The SMILES string of the molecule is Cc1cccc(CCCNC(=O)C2CCN(Cc3nc(-c4cccc(C)c4)no3)CC2)c1. The van der Waals surface area contributed by atoms with E-state index in [1.54, 1.807) is 0 Å². The smallest absolute Gasteiger partial charge is 0.241 e. The second-order valence-electron chi connectivity index (χ2n) is 8.82. The highest BCUT2D eigenvalue weighted by atomic mass is 16.5. The molecule has 0 aliphatic carbocycles. The van der Waals surface area contributed by atoms with Crippen LogP contribution >= 0.6 is 0 Å². The summed E-state index contributed by atoms with van der Waals surface area (Å²) in [4.78, 5) is 19.4. The molecule has 0 spiro atoms. The van der Waals surface area contributed by atoms with E-state index in [0.29, 0.717) is 18.3 Å². The number of rotatable bonds is 8. The Bertz CT molecular complexity index is 1040. The molecule has 0 saturated carbocycles. The first-order chi connectivity index (χ1) is 15.6. The number of amides is 1. The number of piperidine rings is 1. The Morgan fingerprint density at radius 2 is 1.84 bits per heavy atom. The maximum Gasteiger partial charge on any atom is 0.241 e. The minimum Gasteiger partial charge on any atom is -0.356 e. The molecule has 1 aromatic heterocycles. The van der Waals surface area contributed by atoms with Gasteiger partial charge in [0.05, 0.1) is 6.54 Å². The molecule has 2 aromatic carbocycles. The van der Waals surface area contributed by atoms with Gasteiger partial charge in [-0.25, -0.2) is 0 Å². The quantitative estimate of drug-likeness (QED) is 0.537. The molecule has 1 aliphatic heterocycles. The molecule has 1 N–H and O–H groups in total. The topological polar surface area (TPSA) is 71.3 Å². The summed E-state index contributed by atoms with van der Waals surface area (Å²) >= 11 is 0. The fourth-order valence-corrected chi connectivity index (χ4v) is 4.28. The third-order valence-corrected chi connectivity index (χ3v) is 6.09. The molecule has 4 rings (SSSR count). The molecule has 1 saturated heterocycles. The number of nitrogens with one attached hydrogen (secondary N) is 1. The Hall–Kier alpha value is -2.99. The third-order valence-electron chi connectivity index (χ3n) is 6.09. The van der Waals surface area contributed by atoms with Gasteiger partial charge in [0, 0.05) is 18.0 Å². The minimum absolute atomic E-state index is 0.0933. The van der Waals surface area contributed by atoms with Gasteiger partial charge in [0.2, 0.25) is 17.6 Å². The lowest BCUT2D eigenvalue weighted by atomic mass is 9.96. The first-order valence-corrected chi connectivity index (χ1v) is 11.5. The Morgan fingerprint density at radius 1 is 1.09 bits per heavy atom. The molecule has 6 nitrogen and oxygen atoms in total. The van der Waals surface area contributed by atoms with E-state index in [9.17, 15) is 4.79 Å². The Morgan fingerprint density at radius 3 is 2.59 bits per heavy atom. The Labute approximate surface area is 190 Å². The second kappa shape index (κ2) is 10.6. The summed E-state index contributed by atoms with van der Waals surface area (Å²) in [5.41, 5.74) is 4.76. The molecule has 0 unspecified atom stereocenters. The van der Waals surface area contributed by atoms with Crippen LogP contribution in [0.3, 0.4) is 0 Å². The molecule has 168 valence electrons. The summed E-state index contributed by atoms with van der Waals surface area (Å²) in [7, 11) is 0. The van der Waals surface area contributed by atoms with Gasteiger partial charge in [-0.3, -0.25) is 9.69 Å². The number of aromatic nitrogens is 2. The molecule has 6 heteroatoms. The van der Waals surface area contributed by atoms with Crippen LogP contribution in [-0.4, -0.2) is 40.6 Å². The van der Waals surface area contributed by atoms with Crippen molar-refractivity contribution in [3.63, 3.8) is 0 Å². The first-order valence-electron chi connectivity index (χ1n) is 11.5. The highest BCUT2D eigenvalue weighted by Gasteiger charge is 2.25. The van der Waals surface area contributed by atoms with Crippen molar-refractivity contribution in [2.75, 3.05) is 19.6 Å². The van der Waals surface area contributed by atoms with Gasteiger partial charge in [-0.05, 0) is 64.3 Å². The van der Waals surface area contributed by atoms with Crippen LogP contribution in [0, 0.1) is 19.8 Å². The van der Waals surface area contributed by atoms with E-state index >= 15 is 0 Å². The molecule has 0 radical (unpaired) electrons. The van der Waals surface area contributed by atoms with Gasteiger partial charge < -0.3 is 9.84 Å². The van der Waals surface area contributed by atoms with Gasteiger partial charge in [-0.2, -0.15) is 4.98 Å². The summed E-state index contributed by atoms with van der Waals surface area (Å²) in [6.07, 6.45) is 3.69. The lowest BCUT2D eigenvalue weighted by Crippen LogP contribution is -2.40. The molecule has 2 heterocycles. The molecule has 0 bridgehead atoms. The molecular weight excluding hydrogens is 400 g/mol. The lowest BCUT2D eigenvalue weighted by molar-refractivity contribution is -0.126. The summed E-state index contributed by atoms with van der Waals surface area (Å²) < 4.78 is 5.46. The van der Waals surface area contributed by atoms with Crippen molar-refractivity contribution < 1.29 is 9.32 Å². The predicted octanol–water partition coefficient (Wildman–Crippen LogP) is 4.31. The summed E-state index contributed by atoms with van der Waals surface area (Å²) in [5, 5.41) is 7.26. The predicted molar refractivity (Wildman–Crippen MR) is 125 cm³/mol. The van der Waals surface area contributed by atoms with Crippen molar-refractivity contribution >= 4 is 5.91 Å². The number of hydrogen-bond donors (Lipinski definition) is 1. The molecule has 0 atom stereocenters. The van der Waals surface area contributed by atoms with Crippen LogP contribution < -0.4 is 5.32 Å². The van der Waals surface area contributed by atoms with Gasteiger partial charge in [0.1, 0.15) is 0 Å². The van der Waals surface area contributed by atoms with Crippen molar-refractivity contribution in [2.45, 2.75) is 46.1 Å². The maximum atomic E-state index is 12.5. The molecular formula is C26H32N4O2. The van der Waals surface area contributed by atoms with E-state index in [2.05, 4.69) is 70.6 Å². The van der Waals surface area contributed by atoms with Crippen LogP contribution in [-0.2, 0) is 17.8 Å². The average Bonchev–Trinajstić information content (AvgIpc) is 3.26. The molecule has 1 amide bonds. The summed E-state index contributed by atoms with van der Waals surface area (Å²) in [5.74, 6) is 1.54. The van der Waals surface area contributed by atoms with Crippen LogP contribution in [0.5, 0.6) is 0 Å².